The van der Waals surface area contributed by atoms with Crippen LogP contribution in [-0.2, 0) is 16.6 Å². The highest BCUT2D eigenvalue weighted by Crippen LogP contribution is 2.21. The fraction of sp³-hybridized carbons (Fsp3) is 0.438. The van der Waals surface area contributed by atoms with Crippen LogP contribution in [0, 0.1) is 0 Å². The highest BCUT2D eigenvalue weighted by molar-refractivity contribution is 7.88. The first-order valence-corrected chi connectivity index (χ1v) is 10.5. The van der Waals surface area contributed by atoms with Gasteiger partial charge in [-0.1, -0.05) is 6.07 Å². The molecule has 0 radical (unpaired) electrons. The normalized spacial score (nSPS) is 19.6. The molecule has 24 heavy (non-hydrogen) atoms. The number of nitrogens with one attached hydrogen (secondary N) is 1. The number of sulfonamides is 1. The topological polar surface area (TPSA) is 69.7 Å². The average molecular weight is 367 g/mol. The van der Waals surface area contributed by atoms with Gasteiger partial charge in [-0.25, -0.2) is 13.2 Å². The monoisotopic (exact) mass is 367 g/mol. The lowest BCUT2D eigenvalue weighted by atomic mass is 10.2. The summed E-state index contributed by atoms with van der Waals surface area (Å²) in [6.07, 6.45) is 1.21. The lowest BCUT2D eigenvalue weighted by Crippen LogP contribution is -2.56. The zero-order chi connectivity index (χ0) is 17.3. The first-order valence-electron chi connectivity index (χ1n) is 7.80. The molecule has 3 rings (SSSR count). The molecule has 130 valence electrons. The van der Waals surface area contributed by atoms with Crippen LogP contribution < -0.4 is 5.32 Å². The number of urea groups is 1. The van der Waals surface area contributed by atoms with Crippen LogP contribution in [-0.4, -0.2) is 55.6 Å². The van der Waals surface area contributed by atoms with Gasteiger partial charge in [0.1, 0.15) is 0 Å². The lowest BCUT2D eigenvalue weighted by Gasteiger charge is -2.38. The van der Waals surface area contributed by atoms with Gasteiger partial charge >= 0.3 is 6.03 Å². The summed E-state index contributed by atoms with van der Waals surface area (Å²) >= 11 is 1.70. The zero-order valence-electron chi connectivity index (χ0n) is 13.7. The number of hydrogen-bond donors (Lipinski definition) is 1. The van der Waals surface area contributed by atoms with E-state index in [1.54, 1.807) is 16.2 Å². The van der Waals surface area contributed by atoms with Crippen molar-refractivity contribution in [3.05, 3.63) is 35.2 Å². The van der Waals surface area contributed by atoms with E-state index in [0.717, 1.165) is 5.56 Å². The third kappa shape index (κ3) is 3.71. The van der Waals surface area contributed by atoms with Gasteiger partial charge in [0.25, 0.3) is 0 Å². The Morgan fingerprint density at radius 3 is 2.83 bits per heavy atom. The van der Waals surface area contributed by atoms with Crippen LogP contribution >= 0.6 is 11.3 Å². The molecular formula is C16H21N3O3S2. The largest absolute Gasteiger partial charge is 0.334 e. The number of piperazine rings is 1. The van der Waals surface area contributed by atoms with E-state index in [0.29, 0.717) is 26.2 Å². The van der Waals surface area contributed by atoms with Crippen molar-refractivity contribution in [3.63, 3.8) is 0 Å². The van der Waals surface area contributed by atoms with E-state index in [2.05, 4.69) is 28.9 Å². The Bertz CT molecular complexity index is 847. The molecule has 1 saturated heterocycles. The third-order valence-electron chi connectivity index (χ3n) is 4.24. The molecular weight excluding hydrogens is 346 g/mol. The predicted molar refractivity (Wildman–Crippen MR) is 96.6 cm³/mol. The zero-order valence-corrected chi connectivity index (χ0v) is 15.4. The van der Waals surface area contributed by atoms with Crippen LogP contribution in [0.1, 0.15) is 12.5 Å². The number of thiophene rings is 1. The molecule has 0 saturated carbocycles. The molecule has 0 spiro atoms. The van der Waals surface area contributed by atoms with E-state index < -0.39 is 10.0 Å². The molecule has 0 unspecified atom stereocenters. The maximum atomic E-state index is 12.3. The van der Waals surface area contributed by atoms with Crippen LogP contribution in [0.3, 0.4) is 0 Å². The van der Waals surface area contributed by atoms with E-state index in [1.165, 1.54) is 20.6 Å². The fourth-order valence-electron chi connectivity index (χ4n) is 3.03. The van der Waals surface area contributed by atoms with E-state index in [-0.39, 0.29) is 12.1 Å². The smallest absolute Gasteiger partial charge is 0.317 e. The van der Waals surface area contributed by atoms with Gasteiger partial charge in [-0.05, 0) is 41.5 Å². The minimum absolute atomic E-state index is 0.152. The molecule has 1 atom stereocenters. The van der Waals surface area contributed by atoms with Gasteiger partial charge in [0.2, 0.25) is 10.0 Å². The molecule has 2 heterocycles. The van der Waals surface area contributed by atoms with Crippen LogP contribution in [0.4, 0.5) is 4.79 Å². The summed E-state index contributed by atoms with van der Waals surface area (Å²) < 4.78 is 26.0. The molecule has 8 heteroatoms. The van der Waals surface area contributed by atoms with Crippen LogP contribution in [0.15, 0.2) is 29.6 Å². The minimum atomic E-state index is -3.22. The number of fused-ring (bicyclic) bond motifs is 1. The van der Waals surface area contributed by atoms with E-state index >= 15 is 0 Å². The molecule has 1 fully saturated rings. The molecule has 2 amide bonds. The maximum Gasteiger partial charge on any atom is 0.317 e. The molecule has 0 bridgehead atoms. The van der Waals surface area contributed by atoms with Crippen LogP contribution in [0.5, 0.6) is 0 Å². The molecule has 2 aromatic rings. The van der Waals surface area contributed by atoms with E-state index in [9.17, 15) is 13.2 Å². The summed E-state index contributed by atoms with van der Waals surface area (Å²) in [6.45, 7) is 3.44. The summed E-state index contributed by atoms with van der Waals surface area (Å²) in [7, 11) is -3.22. The Labute approximate surface area is 146 Å². The minimum Gasteiger partial charge on any atom is -0.334 e. The Morgan fingerprint density at radius 2 is 2.12 bits per heavy atom. The Hall–Kier alpha value is -1.64. The molecule has 6 nitrogen and oxygen atoms in total. The SMILES string of the molecule is C[C@H]1CN(C(=O)NCc2ccc3sccc3c2)CCN1S(C)(=O)=O. The third-order valence-corrected chi connectivity index (χ3v) is 6.53. The summed E-state index contributed by atoms with van der Waals surface area (Å²) in [5.41, 5.74) is 1.05. The number of rotatable bonds is 3. The number of benzene rings is 1. The summed E-state index contributed by atoms with van der Waals surface area (Å²) in [4.78, 5) is 14.0. The number of carbonyl (C=O) groups is 1. The highest BCUT2D eigenvalue weighted by atomic mass is 32.2. The number of hydrogen-bond acceptors (Lipinski definition) is 4. The first kappa shape index (κ1) is 17.2. The van der Waals surface area contributed by atoms with Crippen molar-refractivity contribution >= 4 is 37.5 Å². The van der Waals surface area contributed by atoms with Crippen molar-refractivity contribution < 1.29 is 13.2 Å². The summed E-state index contributed by atoms with van der Waals surface area (Å²) in [5, 5.41) is 6.16. The first-order chi connectivity index (χ1) is 11.3. The van der Waals surface area contributed by atoms with Crippen LogP contribution in [0.2, 0.25) is 0 Å². The van der Waals surface area contributed by atoms with Crippen molar-refractivity contribution in [1.82, 2.24) is 14.5 Å². The quantitative estimate of drug-likeness (QED) is 0.903. The predicted octanol–water partition coefficient (Wildman–Crippen LogP) is 2.08. The average Bonchev–Trinajstić information content (AvgIpc) is 2.98. The molecule has 0 aliphatic carbocycles. The maximum absolute atomic E-state index is 12.3. The van der Waals surface area contributed by atoms with Gasteiger partial charge in [0.15, 0.2) is 0 Å². The molecule has 1 aromatic heterocycles. The van der Waals surface area contributed by atoms with Crippen LogP contribution in [0.25, 0.3) is 10.1 Å². The second-order valence-corrected chi connectivity index (χ2v) is 9.00. The summed E-state index contributed by atoms with van der Waals surface area (Å²) in [5.74, 6) is 0. The number of amides is 2. The standard InChI is InChI=1S/C16H21N3O3S2/c1-12-11-18(6-7-19(12)24(2,21)22)16(20)17-10-13-3-4-15-14(9-13)5-8-23-15/h3-5,8-9,12H,6-7,10-11H2,1-2H3,(H,17,20)/t12-/m0/s1. The van der Waals surface area contributed by atoms with Gasteiger partial charge in [0, 0.05) is 36.9 Å². The summed E-state index contributed by atoms with van der Waals surface area (Å²) in [6, 6.07) is 7.87. The van der Waals surface area contributed by atoms with Crippen molar-refractivity contribution in [1.29, 1.82) is 0 Å². The second-order valence-electron chi connectivity index (χ2n) is 6.12. The Kier molecular flexibility index (Phi) is 4.80. The number of nitrogens with zero attached hydrogens (tertiary/aromatic N) is 2. The van der Waals surface area contributed by atoms with E-state index in [4.69, 9.17) is 0 Å². The lowest BCUT2D eigenvalue weighted by molar-refractivity contribution is 0.147. The van der Waals surface area contributed by atoms with Gasteiger partial charge in [-0.15, -0.1) is 11.3 Å². The van der Waals surface area contributed by atoms with Crippen molar-refractivity contribution in [2.75, 3.05) is 25.9 Å². The van der Waals surface area contributed by atoms with Crippen molar-refractivity contribution in [3.8, 4) is 0 Å². The van der Waals surface area contributed by atoms with Gasteiger partial charge in [-0.2, -0.15) is 4.31 Å². The molecule has 1 N–H and O–H groups in total. The van der Waals surface area contributed by atoms with Gasteiger partial charge in [-0.3, -0.25) is 0 Å². The number of carbonyl (C=O) groups excluding carboxylic acids is 1. The van der Waals surface area contributed by atoms with Crippen molar-refractivity contribution in [2.24, 2.45) is 0 Å². The molecule has 1 aliphatic rings. The van der Waals surface area contributed by atoms with Crippen molar-refractivity contribution in [2.45, 2.75) is 19.5 Å². The Morgan fingerprint density at radius 1 is 1.33 bits per heavy atom. The van der Waals surface area contributed by atoms with Gasteiger partial charge in [0.05, 0.1) is 6.26 Å². The fourth-order valence-corrected chi connectivity index (χ4v) is 4.94. The Balaban J connectivity index is 1.57. The molecule has 1 aliphatic heterocycles. The second kappa shape index (κ2) is 6.70. The van der Waals surface area contributed by atoms with Gasteiger partial charge < -0.3 is 10.2 Å². The van der Waals surface area contributed by atoms with E-state index in [1.807, 2.05) is 13.0 Å². The highest BCUT2D eigenvalue weighted by Gasteiger charge is 2.31. The molecule has 1 aromatic carbocycles.